The summed E-state index contributed by atoms with van der Waals surface area (Å²) >= 11 is 0. The fourth-order valence-corrected chi connectivity index (χ4v) is 3.45. The zero-order valence-corrected chi connectivity index (χ0v) is 14.9. The standard InChI is InChI=1S/C20H23N5O/c1-14-8-10-25-13-16(23-18(25)11-14)12-22-20(26)17-7-4-9-21-19(17)24-15-5-2-3-6-15/h4,7-11,13,15H,2-3,5-6,12H2,1H3,(H,21,24)(H,22,26). The number of nitrogens with zero attached hydrogens (tertiary/aromatic N) is 3. The van der Waals surface area contributed by atoms with E-state index in [-0.39, 0.29) is 5.91 Å². The van der Waals surface area contributed by atoms with Crippen LogP contribution in [0.5, 0.6) is 0 Å². The topological polar surface area (TPSA) is 71.3 Å². The van der Waals surface area contributed by atoms with E-state index < -0.39 is 0 Å². The molecule has 1 aliphatic rings. The fraction of sp³-hybridized carbons (Fsp3) is 0.350. The number of amides is 1. The molecule has 1 saturated carbocycles. The summed E-state index contributed by atoms with van der Waals surface area (Å²) in [7, 11) is 0. The molecule has 0 spiro atoms. The van der Waals surface area contributed by atoms with Crippen LogP contribution in [0.3, 0.4) is 0 Å². The Hall–Kier alpha value is -2.89. The molecule has 1 amide bonds. The molecule has 3 aromatic heterocycles. The van der Waals surface area contributed by atoms with Crippen LogP contribution >= 0.6 is 0 Å². The van der Waals surface area contributed by atoms with Crippen LogP contribution in [0.15, 0.2) is 42.9 Å². The van der Waals surface area contributed by atoms with Crippen molar-refractivity contribution in [3.05, 3.63) is 59.7 Å². The van der Waals surface area contributed by atoms with Crippen molar-refractivity contribution >= 4 is 17.4 Å². The van der Waals surface area contributed by atoms with Crippen LogP contribution in [-0.2, 0) is 6.54 Å². The van der Waals surface area contributed by atoms with Gasteiger partial charge in [-0.15, -0.1) is 0 Å². The van der Waals surface area contributed by atoms with Crippen LogP contribution in [0.1, 0.15) is 47.3 Å². The van der Waals surface area contributed by atoms with Crippen molar-refractivity contribution in [1.82, 2.24) is 19.7 Å². The second-order valence-electron chi connectivity index (χ2n) is 6.91. The molecule has 0 bridgehead atoms. The first-order valence-corrected chi connectivity index (χ1v) is 9.13. The molecule has 4 rings (SSSR count). The van der Waals surface area contributed by atoms with E-state index in [1.165, 1.54) is 12.8 Å². The van der Waals surface area contributed by atoms with Gasteiger partial charge in [0.1, 0.15) is 11.5 Å². The Bertz CT molecular complexity index is 927. The molecule has 6 nitrogen and oxygen atoms in total. The van der Waals surface area contributed by atoms with Crippen molar-refractivity contribution in [1.29, 1.82) is 0 Å². The number of nitrogens with one attached hydrogen (secondary N) is 2. The van der Waals surface area contributed by atoms with E-state index in [0.29, 0.717) is 24.0 Å². The molecule has 1 fully saturated rings. The van der Waals surface area contributed by atoms with E-state index in [4.69, 9.17) is 0 Å². The molecule has 3 aromatic rings. The van der Waals surface area contributed by atoms with E-state index in [9.17, 15) is 4.79 Å². The molecule has 0 unspecified atom stereocenters. The minimum Gasteiger partial charge on any atom is -0.367 e. The van der Waals surface area contributed by atoms with Crippen LogP contribution < -0.4 is 10.6 Å². The van der Waals surface area contributed by atoms with Gasteiger partial charge in [-0.2, -0.15) is 0 Å². The van der Waals surface area contributed by atoms with Crippen molar-refractivity contribution in [2.45, 2.75) is 45.2 Å². The van der Waals surface area contributed by atoms with E-state index >= 15 is 0 Å². The van der Waals surface area contributed by atoms with Crippen molar-refractivity contribution in [3.8, 4) is 0 Å². The number of aryl methyl sites for hydroxylation is 1. The van der Waals surface area contributed by atoms with Crippen molar-refractivity contribution < 1.29 is 4.79 Å². The lowest BCUT2D eigenvalue weighted by molar-refractivity contribution is 0.0951. The summed E-state index contributed by atoms with van der Waals surface area (Å²) in [4.78, 5) is 21.6. The number of rotatable bonds is 5. The van der Waals surface area contributed by atoms with Crippen molar-refractivity contribution in [3.63, 3.8) is 0 Å². The van der Waals surface area contributed by atoms with Gasteiger partial charge in [-0.05, 0) is 49.6 Å². The Morgan fingerprint density at radius 3 is 3.00 bits per heavy atom. The maximum atomic E-state index is 12.7. The molecular formula is C20H23N5O. The number of hydrogen-bond donors (Lipinski definition) is 2. The predicted octanol–water partition coefficient (Wildman–Crippen LogP) is 3.32. The number of carbonyl (C=O) groups is 1. The van der Waals surface area contributed by atoms with Crippen LogP contribution in [-0.4, -0.2) is 26.3 Å². The third kappa shape index (κ3) is 3.54. The third-order valence-corrected chi connectivity index (χ3v) is 4.84. The number of carbonyl (C=O) groups excluding carboxylic acids is 1. The third-order valence-electron chi connectivity index (χ3n) is 4.84. The highest BCUT2D eigenvalue weighted by atomic mass is 16.1. The van der Waals surface area contributed by atoms with Crippen LogP contribution in [0.4, 0.5) is 5.82 Å². The first kappa shape index (κ1) is 16.6. The molecule has 2 N–H and O–H groups in total. The second-order valence-corrected chi connectivity index (χ2v) is 6.91. The molecule has 1 aliphatic carbocycles. The summed E-state index contributed by atoms with van der Waals surface area (Å²) in [5.74, 6) is 0.536. The van der Waals surface area contributed by atoms with E-state index in [1.54, 1.807) is 12.3 Å². The summed E-state index contributed by atoms with van der Waals surface area (Å²) in [5, 5.41) is 6.39. The SMILES string of the molecule is Cc1ccn2cc(CNC(=O)c3cccnc3NC3CCCC3)nc2c1. The summed E-state index contributed by atoms with van der Waals surface area (Å²) in [6, 6.07) is 8.08. The zero-order valence-electron chi connectivity index (χ0n) is 14.9. The number of aromatic nitrogens is 3. The number of anilines is 1. The number of imidazole rings is 1. The summed E-state index contributed by atoms with van der Waals surface area (Å²) in [6.07, 6.45) is 10.4. The first-order chi connectivity index (χ1) is 12.7. The fourth-order valence-electron chi connectivity index (χ4n) is 3.45. The molecule has 0 aliphatic heterocycles. The van der Waals surface area contributed by atoms with Gasteiger partial charge in [-0.25, -0.2) is 9.97 Å². The summed E-state index contributed by atoms with van der Waals surface area (Å²) in [5.41, 5.74) is 3.47. The highest BCUT2D eigenvalue weighted by Crippen LogP contribution is 2.23. The summed E-state index contributed by atoms with van der Waals surface area (Å²) < 4.78 is 1.96. The zero-order chi connectivity index (χ0) is 17.9. The van der Waals surface area contributed by atoms with Crippen LogP contribution in [0.2, 0.25) is 0 Å². The molecule has 6 heteroatoms. The molecule has 0 aromatic carbocycles. The Labute approximate surface area is 152 Å². The largest absolute Gasteiger partial charge is 0.367 e. The van der Waals surface area contributed by atoms with Gasteiger partial charge >= 0.3 is 0 Å². The highest BCUT2D eigenvalue weighted by molar-refractivity contribution is 5.98. The maximum Gasteiger partial charge on any atom is 0.255 e. The van der Waals surface area contributed by atoms with Crippen LogP contribution in [0, 0.1) is 6.92 Å². The van der Waals surface area contributed by atoms with Gasteiger partial charge in [0, 0.05) is 24.6 Å². The Balaban J connectivity index is 1.45. The highest BCUT2D eigenvalue weighted by Gasteiger charge is 2.19. The quantitative estimate of drug-likeness (QED) is 0.741. The normalized spacial score (nSPS) is 14.7. The van der Waals surface area contributed by atoms with Crippen molar-refractivity contribution in [2.24, 2.45) is 0 Å². The van der Waals surface area contributed by atoms with Gasteiger partial charge < -0.3 is 15.0 Å². The molecule has 26 heavy (non-hydrogen) atoms. The van der Waals surface area contributed by atoms with E-state index in [0.717, 1.165) is 29.7 Å². The van der Waals surface area contributed by atoms with Gasteiger partial charge in [0.2, 0.25) is 0 Å². The smallest absolute Gasteiger partial charge is 0.255 e. The van der Waals surface area contributed by atoms with Gasteiger partial charge in [0.05, 0.1) is 17.8 Å². The minimum absolute atomic E-state index is 0.133. The van der Waals surface area contributed by atoms with E-state index in [2.05, 4.69) is 20.6 Å². The van der Waals surface area contributed by atoms with Gasteiger partial charge in [-0.1, -0.05) is 12.8 Å². The minimum atomic E-state index is -0.133. The van der Waals surface area contributed by atoms with Gasteiger partial charge in [0.25, 0.3) is 5.91 Å². The monoisotopic (exact) mass is 349 g/mol. The average Bonchev–Trinajstić information content (AvgIpc) is 3.29. The Morgan fingerprint density at radius 1 is 1.31 bits per heavy atom. The van der Waals surface area contributed by atoms with Crippen LogP contribution in [0.25, 0.3) is 5.65 Å². The lowest BCUT2D eigenvalue weighted by Crippen LogP contribution is -2.26. The second kappa shape index (κ2) is 7.15. The van der Waals surface area contributed by atoms with E-state index in [1.807, 2.05) is 41.9 Å². The molecule has 134 valence electrons. The Morgan fingerprint density at radius 2 is 2.15 bits per heavy atom. The predicted molar refractivity (Wildman–Crippen MR) is 101 cm³/mol. The lowest BCUT2D eigenvalue weighted by Gasteiger charge is -2.15. The average molecular weight is 349 g/mol. The lowest BCUT2D eigenvalue weighted by atomic mass is 10.2. The molecule has 3 heterocycles. The van der Waals surface area contributed by atoms with Gasteiger partial charge in [0.15, 0.2) is 0 Å². The number of fused-ring (bicyclic) bond motifs is 1. The number of hydrogen-bond acceptors (Lipinski definition) is 4. The van der Waals surface area contributed by atoms with Gasteiger partial charge in [-0.3, -0.25) is 4.79 Å². The molecule has 0 saturated heterocycles. The Kier molecular flexibility index (Phi) is 4.56. The molecular weight excluding hydrogens is 326 g/mol. The molecule has 0 radical (unpaired) electrons. The number of pyridine rings is 2. The van der Waals surface area contributed by atoms with Crippen molar-refractivity contribution in [2.75, 3.05) is 5.32 Å². The first-order valence-electron chi connectivity index (χ1n) is 9.13. The molecule has 0 atom stereocenters. The summed E-state index contributed by atoms with van der Waals surface area (Å²) in [6.45, 7) is 2.43. The maximum absolute atomic E-state index is 12.7.